The minimum absolute atomic E-state index is 0.0318. The van der Waals surface area contributed by atoms with E-state index < -0.39 is 21.9 Å². The lowest BCUT2D eigenvalue weighted by atomic mass is 10.2. The van der Waals surface area contributed by atoms with Crippen LogP contribution in [0.5, 0.6) is 5.75 Å². The van der Waals surface area contributed by atoms with Gasteiger partial charge in [0.05, 0.1) is 23.8 Å². The van der Waals surface area contributed by atoms with Crippen LogP contribution in [0.25, 0.3) is 0 Å². The summed E-state index contributed by atoms with van der Waals surface area (Å²) >= 11 is 6.16. The van der Waals surface area contributed by atoms with E-state index in [-0.39, 0.29) is 28.6 Å². The molecule has 0 atom stereocenters. The van der Waals surface area contributed by atoms with Crippen molar-refractivity contribution in [1.29, 1.82) is 0 Å². The Labute approximate surface area is 202 Å². The summed E-state index contributed by atoms with van der Waals surface area (Å²) in [4.78, 5) is 24.9. The lowest BCUT2D eigenvalue weighted by Crippen LogP contribution is -2.40. The van der Waals surface area contributed by atoms with Gasteiger partial charge in [-0.25, -0.2) is 13.2 Å². The number of hydrogen-bond acceptors (Lipinski definition) is 6. The number of anilines is 1. The highest BCUT2D eigenvalue weighted by molar-refractivity contribution is 7.89. The van der Waals surface area contributed by atoms with Crippen LogP contribution in [-0.4, -0.2) is 50.9 Å². The second kappa shape index (κ2) is 10.4. The number of hydrogen-bond donors (Lipinski definition) is 1. The van der Waals surface area contributed by atoms with Gasteiger partial charge in [-0.1, -0.05) is 29.8 Å². The monoisotopic (exact) mass is 500 g/mol. The fraction of sp³-hybridized carbons (Fsp3) is 0.167. The fourth-order valence-corrected chi connectivity index (χ4v) is 5.22. The second-order valence-corrected chi connectivity index (χ2v) is 9.71. The molecule has 0 saturated carbocycles. The summed E-state index contributed by atoms with van der Waals surface area (Å²) in [7, 11) is -3.87. The molecule has 0 aliphatic carbocycles. The Balaban J connectivity index is 1.46. The number of ether oxygens (including phenoxy) is 2. The summed E-state index contributed by atoms with van der Waals surface area (Å²) in [5.74, 6) is -0.620. The van der Waals surface area contributed by atoms with E-state index in [1.807, 2.05) is 6.07 Å². The third-order valence-corrected chi connectivity index (χ3v) is 7.49. The molecule has 1 heterocycles. The number of sulfonamides is 1. The number of benzene rings is 3. The summed E-state index contributed by atoms with van der Waals surface area (Å²) in [6.45, 7) is 1.03. The van der Waals surface area contributed by atoms with Crippen molar-refractivity contribution in [3.63, 3.8) is 0 Å². The molecule has 0 bridgehead atoms. The van der Waals surface area contributed by atoms with Crippen molar-refractivity contribution in [2.75, 3.05) is 31.6 Å². The van der Waals surface area contributed by atoms with Crippen molar-refractivity contribution >= 4 is 39.2 Å². The second-order valence-electron chi connectivity index (χ2n) is 7.40. The highest BCUT2D eigenvalue weighted by Crippen LogP contribution is 2.27. The largest absolute Gasteiger partial charge is 0.423 e. The van der Waals surface area contributed by atoms with Crippen LogP contribution in [0.2, 0.25) is 5.02 Å². The number of esters is 1. The first kappa shape index (κ1) is 23.9. The number of morpholine rings is 1. The summed E-state index contributed by atoms with van der Waals surface area (Å²) < 4.78 is 37.8. The number of halogens is 1. The molecule has 34 heavy (non-hydrogen) atoms. The van der Waals surface area contributed by atoms with Gasteiger partial charge >= 0.3 is 5.97 Å². The van der Waals surface area contributed by atoms with Crippen molar-refractivity contribution < 1.29 is 27.5 Å². The van der Waals surface area contributed by atoms with Crippen LogP contribution in [-0.2, 0) is 14.8 Å². The van der Waals surface area contributed by atoms with Crippen molar-refractivity contribution in [2.24, 2.45) is 0 Å². The van der Waals surface area contributed by atoms with Crippen LogP contribution < -0.4 is 10.1 Å². The lowest BCUT2D eigenvalue weighted by Gasteiger charge is -2.26. The third kappa shape index (κ3) is 5.45. The van der Waals surface area contributed by atoms with E-state index in [0.717, 1.165) is 0 Å². The summed E-state index contributed by atoms with van der Waals surface area (Å²) in [6, 6.07) is 18.9. The van der Waals surface area contributed by atoms with Crippen molar-refractivity contribution in [2.45, 2.75) is 4.90 Å². The van der Waals surface area contributed by atoms with Gasteiger partial charge in [0.1, 0.15) is 10.6 Å². The molecule has 1 aliphatic rings. The Morgan fingerprint density at radius 1 is 0.912 bits per heavy atom. The molecule has 0 spiro atoms. The number of nitrogens with one attached hydrogen (secondary N) is 1. The quantitative estimate of drug-likeness (QED) is 0.407. The van der Waals surface area contributed by atoms with Gasteiger partial charge in [-0.05, 0) is 54.6 Å². The molecule has 3 aromatic carbocycles. The number of carbonyl (C=O) groups is 2. The Hall–Kier alpha value is -3.24. The molecule has 1 fully saturated rings. The Kier molecular flexibility index (Phi) is 7.28. The number of carbonyl (C=O) groups excluding carboxylic acids is 2. The topological polar surface area (TPSA) is 102 Å². The van der Waals surface area contributed by atoms with Gasteiger partial charge in [0, 0.05) is 24.3 Å². The number of nitrogens with zero attached hydrogens (tertiary/aromatic N) is 1. The molecular formula is C24H21ClN2O6S. The highest BCUT2D eigenvalue weighted by atomic mass is 35.5. The molecule has 0 unspecified atom stereocenters. The Morgan fingerprint density at radius 3 is 2.24 bits per heavy atom. The lowest BCUT2D eigenvalue weighted by molar-refractivity contribution is 0.0730. The van der Waals surface area contributed by atoms with Gasteiger partial charge in [-0.3, -0.25) is 4.79 Å². The van der Waals surface area contributed by atoms with E-state index in [2.05, 4.69) is 5.32 Å². The fourth-order valence-electron chi connectivity index (χ4n) is 3.32. The standard InChI is InChI=1S/C24H21ClN2O6S/c25-21-11-8-18(16-22(21)34(30,31)27-12-14-32-15-13-27)23(28)26-19-9-6-17(7-10-19)24(29)33-20-4-2-1-3-5-20/h1-11,16H,12-15H2,(H,26,28). The molecule has 176 valence electrons. The predicted molar refractivity (Wildman–Crippen MR) is 127 cm³/mol. The SMILES string of the molecule is O=C(Nc1ccc(C(=O)Oc2ccccc2)cc1)c1ccc(Cl)c(S(=O)(=O)N2CCOCC2)c1. The molecule has 1 N–H and O–H groups in total. The highest BCUT2D eigenvalue weighted by Gasteiger charge is 2.29. The van der Waals surface area contributed by atoms with Crippen molar-refractivity contribution in [1.82, 2.24) is 4.31 Å². The van der Waals surface area contributed by atoms with Crippen LogP contribution in [0.4, 0.5) is 5.69 Å². The summed E-state index contributed by atoms with van der Waals surface area (Å²) in [6.07, 6.45) is 0. The summed E-state index contributed by atoms with van der Waals surface area (Å²) in [5, 5.41) is 2.72. The minimum Gasteiger partial charge on any atom is -0.423 e. The van der Waals surface area contributed by atoms with Crippen LogP contribution >= 0.6 is 11.6 Å². The molecule has 1 aliphatic heterocycles. The molecule has 10 heteroatoms. The zero-order valence-electron chi connectivity index (χ0n) is 17.9. The van der Waals surface area contributed by atoms with Crippen LogP contribution in [0.3, 0.4) is 0 Å². The molecule has 8 nitrogen and oxygen atoms in total. The molecule has 0 radical (unpaired) electrons. The summed E-state index contributed by atoms with van der Waals surface area (Å²) in [5.41, 5.74) is 0.866. The maximum absolute atomic E-state index is 13.0. The first-order valence-corrected chi connectivity index (χ1v) is 12.2. The van der Waals surface area contributed by atoms with E-state index >= 15 is 0 Å². The Morgan fingerprint density at radius 2 is 1.56 bits per heavy atom. The Bertz CT molecular complexity index is 1290. The van der Waals surface area contributed by atoms with E-state index in [1.165, 1.54) is 34.6 Å². The van der Waals surface area contributed by atoms with Crippen LogP contribution in [0.15, 0.2) is 77.7 Å². The first-order chi connectivity index (χ1) is 16.3. The molecule has 3 aromatic rings. The molecule has 0 aromatic heterocycles. The van der Waals surface area contributed by atoms with Crippen molar-refractivity contribution in [3.8, 4) is 5.75 Å². The number of amides is 1. The van der Waals surface area contributed by atoms with E-state index in [1.54, 1.807) is 36.4 Å². The van der Waals surface area contributed by atoms with Gasteiger partial charge in [0.2, 0.25) is 10.0 Å². The van der Waals surface area contributed by atoms with Gasteiger partial charge in [-0.15, -0.1) is 0 Å². The maximum Gasteiger partial charge on any atom is 0.343 e. The normalized spacial score (nSPS) is 14.4. The van der Waals surface area contributed by atoms with Gasteiger partial charge in [0.15, 0.2) is 0 Å². The molecule has 4 rings (SSSR count). The van der Waals surface area contributed by atoms with Gasteiger partial charge in [-0.2, -0.15) is 4.31 Å². The zero-order valence-corrected chi connectivity index (χ0v) is 19.5. The first-order valence-electron chi connectivity index (χ1n) is 10.4. The van der Waals surface area contributed by atoms with Gasteiger partial charge in [0.25, 0.3) is 5.91 Å². The number of para-hydroxylation sites is 1. The zero-order chi connectivity index (χ0) is 24.1. The van der Waals surface area contributed by atoms with E-state index in [4.69, 9.17) is 21.1 Å². The smallest absolute Gasteiger partial charge is 0.343 e. The maximum atomic E-state index is 13.0. The average molecular weight is 501 g/mol. The van der Waals surface area contributed by atoms with Crippen LogP contribution in [0.1, 0.15) is 20.7 Å². The minimum atomic E-state index is -3.87. The average Bonchev–Trinajstić information content (AvgIpc) is 2.85. The van der Waals surface area contributed by atoms with E-state index in [9.17, 15) is 18.0 Å². The predicted octanol–water partition coefficient (Wildman–Crippen LogP) is 3.83. The van der Waals surface area contributed by atoms with E-state index in [0.29, 0.717) is 30.2 Å². The molecule has 1 amide bonds. The molecular weight excluding hydrogens is 480 g/mol. The van der Waals surface area contributed by atoms with Gasteiger partial charge < -0.3 is 14.8 Å². The van der Waals surface area contributed by atoms with Crippen LogP contribution in [0, 0.1) is 0 Å². The third-order valence-electron chi connectivity index (χ3n) is 5.11. The number of rotatable bonds is 6. The van der Waals surface area contributed by atoms with Crippen molar-refractivity contribution in [3.05, 3.63) is 88.9 Å². The molecule has 1 saturated heterocycles.